The molecule has 10 heteroatoms. The normalized spacial score (nSPS) is 21.0. The number of nitrogens with one attached hydrogen (secondary N) is 1. The standard InChI is InChI=1S/C22H33FN8O/c1-8-15-25-11-14(23)18(27-15)31-16-13(17(24)28-31)12-30(20(16,2)3)19(32)29-10-9-26-21(4,5)22(29,6)7/h11,26H,8-10,12H2,1-7H3,(H2,24,28). The van der Waals surface area contributed by atoms with Gasteiger partial charge in [-0.05, 0) is 41.5 Å². The molecule has 0 aromatic carbocycles. The quantitative estimate of drug-likeness (QED) is 0.738. The highest BCUT2D eigenvalue weighted by Gasteiger charge is 2.52. The van der Waals surface area contributed by atoms with Crippen LogP contribution in [0.1, 0.15) is 65.5 Å². The maximum absolute atomic E-state index is 14.7. The number of aryl methyl sites for hydroxylation is 1. The molecule has 0 unspecified atom stereocenters. The number of halogens is 1. The van der Waals surface area contributed by atoms with E-state index in [2.05, 4.69) is 48.1 Å². The van der Waals surface area contributed by atoms with Gasteiger partial charge in [0.15, 0.2) is 17.5 Å². The third-order valence-corrected chi connectivity index (χ3v) is 7.45. The molecule has 2 aliphatic heterocycles. The lowest BCUT2D eigenvalue weighted by atomic mass is 9.79. The predicted octanol–water partition coefficient (Wildman–Crippen LogP) is 2.58. The van der Waals surface area contributed by atoms with Crippen LogP contribution in [0.2, 0.25) is 0 Å². The second kappa shape index (κ2) is 7.13. The zero-order valence-electron chi connectivity index (χ0n) is 20.0. The average Bonchev–Trinajstić information content (AvgIpc) is 3.18. The molecular formula is C22H33FN8O. The van der Waals surface area contributed by atoms with Crippen molar-refractivity contribution in [3.8, 4) is 5.82 Å². The van der Waals surface area contributed by atoms with Crippen LogP contribution in [0.3, 0.4) is 0 Å². The van der Waals surface area contributed by atoms with E-state index in [0.29, 0.717) is 37.6 Å². The Balaban J connectivity index is 1.77. The highest BCUT2D eigenvalue weighted by Crippen LogP contribution is 2.44. The predicted molar refractivity (Wildman–Crippen MR) is 120 cm³/mol. The van der Waals surface area contributed by atoms with Crippen molar-refractivity contribution in [3.63, 3.8) is 0 Å². The molecule has 0 spiro atoms. The number of nitrogens with two attached hydrogens (primary N) is 1. The van der Waals surface area contributed by atoms with Crippen molar-refractivity contribution in [1.29, 1.82) is 0 Å². The van der Waals surface area contributed by atoms with Crippen molar-refractivity contribution in [2.45, 2.75) is 78.0 Å². The number of piperazine rings is 1. The number of carbonyl (C=O) groups excluding carboxylic acids is 1. The Morgan fingerprint density at radius 3 is 2.56 bits per heavy atom. The number of hydrogen-bond acceptors (Lipinski definition) is 6. The van der Waals surface area contributed by atoms with E-state index < -0.39 is 16.9 Å². The lowest BCUT2D eigenvalue weighted by Gasteiger charge is -2.55. The summed E-state index contributed by atoms with van der Waals surface area (Å²) < 4.78 is 16.2. The number of urea groups is 1. The minimum Gasteiger partial charge on any atom is -0.382 e. The van der Waals surface area contributed by atoms with E-state index in [1.54, 1.807) is 4.90 Å². The number of amides is 2. The molecule has 4 heterocycles. The van der Waals surface area contributed by atoms with Crippen LogP contribution >= 0.6 is 0 Å². The van der Waals surface area contributed by atoms with E-state index in [0.717, 1.165) is 11.8 Å². The van der Waals surface area contributed by atoms with E-state index in [9.17, 15) is 9.18 Å². The molecule has 32 heavy (non-hydrogen) atoms. The van der Waals surface area contributed by atoms with Gasteiger partial charge in [-0.25, -0.2) is 23.8 Å². The van der Waals surface area contributed by atoms with Gasteiger partial charge in [0.1, 0.15) is 5.82 Å². The molecule has 174 valence electrons. The van der Waals surface area contributed by atoms with Crippen molar-refractivity contribution in [2.75, 3.05) is 18.8 Å². The number of rotatable bonds is 2. The zero-order chi connectivity index (χ0) is 23.6. The van der Waals surface area contributed by atoms with Gasteiger partial charge >= 0.3 is 6.03 Å². The summed E-state index contributed by atoms with van der Waals surface area (Å²) in [6, 6.07) is -0.0749. The Bertz CT molecular complexity index is 1070. The Labute approximate surface area is 188 Å². The summed E-state index contributed by atoms with van der Waals surface area (Å²) in [4.78, 5) is 26.0. The molecule has 4 rings (SSSR count). The van der Waals surface area contributed by atoms with Crippen molar-refractivity contribution in [3.05, 3.63) is 29.1 Å². The van der Waals surface area contributed by atoms with Crippen LogP contribution in [-0.4, -0.2) is 59.7 Å². The highest BCUT2D eigenvalue weighted by molar-refractivity contribution is 5.78. The minimum atomic E-state index is -0.772. The summed E-state index contributed by atoms with van der Waals surface area (Å²) in [6.45, 7) is 15.8. The molecular weight excluding hydrogens is 411 g/mol. The molecule has 9 nitrogen and oxygen atoms in total. The summed E-state index contributed by atoms with van der Waals surface area (Å²) in [5.74, 6) is 0.256. The lowest BCUT2D eigenvalue weighted by molar-refractivity contribution is 0.00808. The molecule has 1 fully saturated rings. The van der Waals surface area contributed by atoms with Gasteiger partial charge in [-0.3, -0.25) is 0 Å². The number of carbonyl (C=O) groups is 1. The fourth-order valence-corrected chi connectivity index (χ4v) is 4.70. The van der Waals surface area contributed by atoms with Crippen LogP contribution < -0.4 is 11.1 Å². The first kappa shape index (κ1) is 22.4. The van der Waals surface area contributed by atoms with Gasteiger partial charge in [0, 0.05) is 30.6 Å². The van der Waals surface area contributed by atoms with Crippen LogP contribution in [0.25, 0.3) is 5.82 Å². The number of hydrogen-bond donors (Lipinski definition) is 2. The van der Waals surface area contributed by atoms with Crippen LogP contribution in [-0.2, 0) is 18.5 Å². The van der Waals surface area contributed by atoms with E-state index >= 15 is 0 Å². The summed E-state index contributed by atoms with van der Waals surface area (Å²) in [5, 5.41) is 7.91. The first-order chi connectivity index (χ1) is 14.8. The lowest BCUT2D eigenvalue weighted by Crippen LogP contribution is -2.72. The Hall–Kier alpha value is -2.75. The minimum absolute atomic E-state index is 0.0517. The molecule has 0 atom stereocenters. The van der Waals surface area contributed by atoms with Crippen molar-refractivity contribution in [1.82, 2.24) is 34.9 Å². The maximum atomic E-state index is 14.7. The second-order valence-electron chi connectivity index (χ2n) is 10.1. The van der Waals surface area contributed by atoms with Crippen LogP contribution in [0, 0.1) is 5.82 Å². The molecule has 0 aliphatic carbocycles. The molecule has 2 aromatic rings. The van der Waals surface area contributed by atoms with Crippen molar-refractivity contribution < 1.29 is 9.18 Å². The Morgan fingerprint density at radius 2 is 1.91 bits per heavy atom. The number of aromatic nitrogens is 4. The summed E-state index contributed by atoms with van der Waals surface area (Å²) in [6.07, 6.45) is 1.72. The second-order valence-corrected chi connectivity index (χ2v) is 10.1. The third-order valence-electron chi connectivity index (χ3n) is 7.45. The fraction of sp³-hybridized carbons (Fsp3) is 0.636. The average molecular weight is 445 g/mol. The molecule has 2 aliphatic rings. The number of fused-ring (bicyclic) bond motifs is 1. The molecule has 0 bridgehead atoms. The Morgan fingerprint density at radius 1 is 1.22 bits per heavy atom. The third kappa shape index (κ3) is 3.07. The summed E-state index contributed by atoms with van der Waals surface area (Å²) in [7, 11) is 0. The zero-order valence-corrected chi connectivity index (χ0v) is 20.0. The first-order valence-corrected chi connectivity index (χ1v) is 11.1. The largest absolute Gasteiger partial charge is 0.382 e. The van der Waals surface area contributed by atoms with Gasteiger partial charge in [0.25, 0.3) is 0 Å². The highest BCUT2D eigenvalue weighted by atomic mass is 19.1. The van der Waals surface area contributed by atoms with Crippen LogP contribution in [0.15, 0.2) is 6.20 Å². The van der Waals surface area contributed by atoms with Crippen molar-refractivity contribution >= 4 is 11.8 Å². The van der Waals surface area contributed by atoms with Crippen LogP contribution in [0.4, 0.5) is 15.0 Å². The summed E-state index contributed by atoms with van der Waals surface area (Å²) in [5.41, 5.74) is 6.21. The van der Waals surface area contributed by atoms with Gasteiger partial charge in [0.05, 0.1) is 29.5 Å². The van der Waals surface area contributed by atoms with Gasteiger partial charge in [-0.2, -0.15) is 0 Å². The van der Waals surface area contributed by atoms with Gasteiger partial charge in [-0.1, -0.05) is 6.92 Å². The smallest absolute Gasteiger partial charge is 0.321 e. The van der Waals surface area contributed by atoms with E-state index in [-0.39, 0.29) is 23.2 Å². The van der Waals surface area contributed by atoms with Crippen molar-refractivity contribution in [2.24, 2.45) is 0 Å². The van der Waals surface area contributed by atoms with Gasteiger partial charge < -0.3 is 20.9 Å². The maximum Gasteiger partial charge on any atom is 0.321 e. The monoisotopic (exact) mass is 444 g/mol. The SMILES string of the molecule is CCc1ncc(F)c(-n2nc(N)c3c2C(C)(C)N(C(=O)N2CCNC(C)(C)C2(C)C)C3)n1. The van der Waals surface area contributed by atoms with E-state index in [1.165, 1.54) is 4.68 Å². The molecule has 0 radical (unpaired) electrons. The number of nitrogens with zero attached hydrogens (tertiary/aromatic N) is 6. The van der Waals surface area contributed by atoms with Gasteiger partial charge in [0.2, 0.25) is 0 Å². The number of nitrogen functional groups attached to an aromatic ring is 1. The first-order valence-electron chi connectivity index (χ1n) is 11.1. The van der Waals surface area contributed by atoms with E-state index in [1.807, 2.05) is 25.7 Å². The summed E-state index contributed by atoms with van der Waals surface area (Å²) >= 11 is 0. The topological polar surface area (TPSA) is 105 Å². The Kier molecular flexibility index (Phi) is 5.00. The molecule has 0 saturated carbocycles. The fourth-order valence-electron chi connectivity index (χ4n) is 4.70. The molecule has 3 N–H and O–H groups in total. The van der Waals surface area contributed by atoms with E-state index in [4.69, 9.17) is 5.73 Å². The van der Waals surface area contributed by atoms with Crippen LogP contribution in [0.5, 0.6) is 0 Å². The van der Waals surface area contributed by atoms with Gasteiger partial charge in [-0.15, -0.1) is 5.10 Å². The molecule has 1 saturated heterocycles. The number of anilines is 1. The molecule has 2 amide bonds. The molecule has 2 aromatic heterocycles.